The number of nitrogens with zero attached hydrogens (tertiary/aromatic N) is 1. The summed E-state index contributed by atoms with van der Waals surface area (Å²) >= 11 is 6.17. The lowest BCUT2D eigenvalue weighted by atomic mass is 10.0. The molecule has 3 nitrogen and oxygen atoms in total. The van der Waals surface area contributed by atoms with Crippen molar-refractivity contribution >= 4 is 23.3 Å². The molecule has 5 heteroatoms. The van der Waals surface area contributed by atoms with Gasteiger partial charge < -0.3 is 10.2 Å². The van der Waals surface area contributed by atoms with E-state index in [-0.39, 0.29) is 17.9 Å². The Hall–Kier alpha value is -2.07. The molecule has 1 aliphatic heterocycles. The molecule has 1 N–H and O–H groups in total. The quantitative estimate of drug-likeness (QED) is 0.809. The summed E-state index contributed by atoms with van der Waals surface area (Å²) in [6, 6.07) is 11.6. The van der Waals surface area contributed by atoms with Crippen molar-refractivity contribution in [3.63, 3.8) is 0 Å². The fourth-order valence-corrected chi connectivity index (χ4v) is 3.26. The molecular weight excluding hydrogens is 315 g/mol. The van der Waals surface area contributed by atoms with Gasteiger partial charge in [0.15, 0.2) is 0 Å². The smallest absolute Gasteiger partial charge is 0.317 e. The van der Waals surface area contributed by atoms with Crippen LogP contribution in [0.2, 0.25) is 5.02 Å². The highest BCUT2D eigenvalue weighted by Crippen LogP contribution is 2.33. The second-order valence-electron chi connectivity index (χ2n) is 5.82. The molecule has 0 bridgehead atoms. The maximum atomic E-state index is 13.4. The minimum absolute atomic E-state index is 0.102. The Bertz CT molecular complexity index is 735. The van der Waals surface area contributed by atoms with Crippen molar-refractivity contribution in [2.24, 2.45) is 0 Å². The van der Waals surface area contributed by atoms with E-state index >= 15 is 0 Å². The van der Waals surface area contributed by atoms with E-state index in [9.17, 15) is 9.18 Å². The lowest BCUT2D eigenvalue weighted by Gasteiger charge is -2.25. The number of hydrogen-bond donors (Lipinski definition) is 1. The van der Waals surface area contributed by atoms with Crippen LogP contribution in [0.4, 0.5) is 14.9 Å². The zero-order valence-electron chi connectivity index (χ0n) is 12.9. The van der Waals surface area contributed by atoms with Crippen LogP contribution >= 0.6 is 11.6 Å². The van der Waals surface area contributed by atoms with Gasteiger partial charge in [-0.3, -0.25) is 0 Å². The van der Waals surface area contributed by atoms with Gasteiger partial charge in [-0.1, -0.05) is 29.8 Å². The van der Waals surface area contributed by atoms with Crippen molar-refractivity contribution in [1.82, 2.24) is 4.90 Å². The van der Waals surface area contributed by atoms with Gasteiger partial charge in [0.2, 0.25) is 0 Å². The maximum absolute atomic E-state index is 13.4. The lowest BCUT2D eigenvalue weighted by Crippen LogP contribution is -2.34. The third-order valence-corrected chi connectivity index (χ3v) is 4.43. The van der Waals surface area contributed by atoms with Crippen molar-refractivity contribution in [3.8, 4) is 0 Å². The van der Waals surface area contributed by atoms with Crippen LogP contribution < -0.4 is 5.32 Å². The second-order valence-corrected chi connectivity index (χ2v) is 6.23. The third kappa shape index (κ3) is 3.48. The summed E-state index contributed by atoms with van der Waals surface area (Å²) in [5.74, 6) is -0.281. The van der Waals surface area contributed by atoms with Crippen LogP contribution in [0.25, 0.3) is 0 Å². The topological polar surface area (TPSA) is 32.3 Å². The number of halogens is 2. The van der Waals surface area contributed by atoms with Crippen LogP contribution in [0.3, 0.4) is 0 Å². The van der Waals surface area contributed by atoms with E-state index in [2.05, 4.69) is 5.32 Å². The molecule has 0 spiro atoms. The van der Waals surface area contributed by atoms with Gasteiger partial charge >= 0.3 is 6.03 Å². The first-order chi connectivity index (χ1) is 11.0. The first kappa shape index (κ1) is 15.8. The second kappa shape index (κ2) is 6.59. The Kier molecular flexibility index (Phi) is 4.53. The van der Waals surface area contributed by atoms with Crippen LogP contribution in [0.15, 0.2) is 42.5 Å². The molecular formula is C18H18ClFN2O. The standard InChI is InChI=1S/C18H18ClFN2O/c1-12-7-8-16(15(19)10-12)21-18(23)22-9-3-6-17(22)13-4-2-5-14(20)11-13/h2,4-5,7-8,10-11,17H,3,6,9H2,1H3,(H,21,23)/t17-/m1/s1. The van der Waals surface area contributed by atoms with Crippen LogP contribution in [0.5, 0.6) is 0 Å². The van der Waals surface area contributed by atoms with Gasteiger partial charge in [0.1, 0.15) is 5.82 Å². The average Bonchev–Trinajstić information content (AvgIpc) is 2.99. The highest BCUT2D eigenvalue weighted by molar-refractivity contribution is 6.33. The number of urea groups is 1. The molecule has 1 atom stereocenters. The number of nitrogens with one attached hydrogen (secondary N) is 1. The fourth-order valence-electron chi connectivity index (χ4n) is 2.98. The monoisotopic (exact) mass is 332 g/mol. The van der Waals surface area contributed by atoms with Crippen molar-refractivity contribution < 1.29 is 9.18 Å². The van der Waals surface area contributed by atoms with Gasteiger partial charge in [-0.05, 0) is 55.2 Å². The number of hydrogen-bond acceptors (Lipinski definition) is 1. The largest absolute Gasteiger partial charge is 0.322 e. The van der Waals surface area contributed by atoms with Gasteiger partial charge in [0, 0.05) is 6.54 Å². The molecule has 0 unspecified atom stereocenters. The number of carbonyl (C=O) groups excluding carboxylic acids is 1. The minimum atomic E-state index is -0.281. The van der Waals surface area contributed by atoms with Gasteiger partial charge in [0.05, 0.1) is 16.8 Å². The van der Waals surface area contributed by atoms with E-state index in [0.717, 1.165) is 24.0 Å². The molecule has 2 amide bonds. The molecule has 0 aliphatic carbocycles. The van der Waals surface area contributed by atoms with Crippen LogP contribution in [-0.2, 0) is 0 Å². The van der Waals surface area contributed by atoms with E-state index in [1.54, 1.807) is 17.0 Å². The zero-order chi connectivity index (χ0) is 16.4. The summed E-state index contributed by atoms with van der Waals surface area (Å²) in [5.41, 5.74) is 2.45. The molecule has 1 aliphatic rings. The molecule has 120 valence electrons. The van der Waals surface area contributed by atoms with Gasteiger partial charge in [0.25, 0.3) is 0 Å². The highest BCUT2D eigenvalue weighted by Gasteiger charge is 2.30. The highest BCUT2D eigenvalue weighted by atomic mass is 35.5. The molecule has 1 saturated heterocycles. The van der Waals surface area contributed by atoms with Crippen molar-refractivity contribution in [2.75, 3.05) is 11.9 Å². The number of rotatable bonds is 2. The summed E-state index contributed by atoms with van der Waals surface area (Å²) in [4.78, 5) is 14.3. The normalized spacial score (nSPS) is 17.3. The van der Waals surface area contributed by atoms with Crippen LogP contribution in [0, 0.1) is 12.7 Å². The lowest BCUT2D eigenvalue weighted by molar-refractivity contribution is 0.207. The molecule has 1 heterocycles. The summed E-state index contributed by atoms with van der Waals surface area (Å²) in [5, 5.41) is 3.37. The van der Waals surface area contributed by atoms with Crippen LogP contribution in [-0.4, -0.2) is 17.5 Å². The Morgan fingerprint density at radius 1 is 1.30 bits per heavy atom. The van der Waals surface area contributed by atoms with Gasteiger partial charge in [-0.2, -0.15) is 0 Å². The molecule has 2 aromatic carbocycles. The minimum Gasteiger partial charge on any atom is -0.317 e. The Balaban J connectivity index is 1.78. The Morgan fingerprint density at radius 3 is 2.87 bits per heavy atom. The molecule has 23 heavy (non-hydrogen) atoms. The summed E-state index contributed by atoms with van der Waals surface area (Å²) in [6.45, 7) is 2.59. The van der Waals surface area contributed by atoms with E-state index in [1.165, 1.54) is 12.1 Å². The van der Waals surface area contributed by atoms with Crippen LogP contribution in [0.1, 0.15) is 30.0 Å². The van der Waals surface area contributed by atoms with Crippen molar-refractivity contribution in [3.05, 3.63) is 64.4 Å². The Labute approximate surface area is 140 Å². The number of likely N-dealkylation sites (tertiary alicyclic amines) is 1. The SMILES string of the molecule is Cc1ccc(NC(=O)N2CCC[C@@H]2c2cccc(F)c2)c(Cl)c1. The summed E-state index contributed by atoms with van der Waals surface area (Å²) in [7, 11) is 0. The van der Waals surface area contributed by atoms with Gasteiger partial charge in [-0.25, -0.2) is 9.18 Å². The first-order valence-electron chi connectivity index (χ1n) is 7.64. The number of anilines is 1. The molecule has 0 radical (unpaired) electrons. The molecule has 0 saturated carbocycles. The molecule has 3 rings (SSSR count). The number of carbonyl (C=O) groups is 1. The predicted octanol–water partition coefficient (Wildman–Crippen LogP) is 5.16. The number of benzene rings is 2. The maximum Gasteiger partial charge on any atom is 0.322 e. The van der Waals surface area contributed by atoms with Crippen molar-refractivity contribution in [1.29, 1.82) is 0 Å². The van der Waals surface area contributed by atoms with E-state index < -0.39 is 0 Å². The van der Waals surface area contributed by atoms with E-state index in [1.807, 2.05) is 25.1 Å². The molecule has 2 aromatic rings. The molecule has 1 fully saturated rings. The first-order valence-corrected chi connectivity index (χ1v) is 8.01. The zero-order valence-corrected chi connectivity index (χ0v) is 13.6. The van der Waals surface area contributed by atoms with E-state index in [4.69, 9.17) is 11.6 Å². The third-order valence-electron chi connectivity index (χ3n) is 4.11. The van der Waals surface area contributed by atoms with Crippen molar-refractivity contribution in [2.45, 2.75) is 25.8 Å². The average molecular weight is 333 g/mol. The number of aryl methyl sites for hydroxylation is 1. The summed E-state index contributed by atoms with van der Waals surface area (Å²) in [6.07, 6.45) is 1.73. The fraction of sp³-hybridized carbons (Fsp3) is 0.278. The Morgan fingerprint density at radius 2 is 2.13 bits per heavy atom. The summed E-state index contributed by atoms with van der Waals surface area (Å²) < 4.78 is 13.4. The van der Waals surface area contributed by atoms with Gasteiger partial charge in [-0.15, -0.1) is 0 Å². The molecule has 0 aromatic heterocycles. The predicted molar refractivity (Wildman–Crippen MR) is 90.3 cm³/mol. The number of amides is 2. The van der Waals surface area contributed by atoms with E-state index in [0.29, 0.717) is 17.3 Å².